The second kappa shape index (κ2) is 3.59. The van der Waals surface area contributed by atoms with E-state index in [2.05, 4.69) is 5.10 Å². The van der Waals surface area contributed by atoms with Gasteiger partial charge in [0.1, 0.15) is 17.5 Å². The van der Waals surface area contributed by atoms with Gasteiger partial charge in [-0.15, -0.1) is 0 Å². The smallest absolute Gasteiger partial charge is 0.137 e. The molecule has 0 fully saturated rings. The second-order valence-electron chi connectivity index (χ2n) is 3.62. The fourth-order valence-corrected chi connectivity index (χ4v) is 1.54. The Hall–Kier alpha value is -1.91. The molecule has 0 aliphatic carbocycles. The highest BCUT2D eigenvalue weighted by atomic mass is 19.1. The fraction of sp³-hybridized carbons (Fsp3) is 0.182. The molecule has 16 heavy (non-hydrogen) atoms. The van der Waals surface area contributed by atoms with Crippen molar-refractivity contribution in [1.82, 2.24) is 9.78 Å². The number of nitrogens with two attached hydrogens (primary N) is 1. The molecule has 84 valence electrons. The average Bonchev–Trinajstić information content (AvgIpc) is 2.56. The number of benzene rings is 1. The molecular weight excluding hydrogens is 212 g/mol. The number of hydrogen-bond acceptors (Lipinski definition) is 2. The van der Waals surface area contributed by atoms with Crippen molar-refractivity contribution in [3.63, 3.8) is 0 Å². The molecule has 0 bridgehead atoms. The van der Waals surface area contributed by atoms with Crippen LogP contribution in [0, 0.1) is 18.6 Å². The zero-order chi connectivity index (χ0) is 11.9. The molecule has 3 nitrogen and oxygen atoms in total. The molecule has 0 atom stereocenters. The summed E-state index contributed by atoms with van der Waals surface area (Å²) >= 11 is 0. The first-order chi connectivity index (χ1) is 7.52. The Kier molecular flexibility index (Phi) is 2.38. The molecule has 0 radical (unpaired) electrons. The third kappa shape index (κ3) is 1.44. The van der Waals surface area contributed by atoms with E-state index in [-0.39, 0.29) is 16.9 Å². The molecule has 0 saturated carbocycles. The Morgan fingerprint density at radius 3 is 2.56 bits per heavy atom. The predicted molar refractivity (Wildman–Crippen MR) is 57.7 cm³/mol. The summed E-state index contributed by atoms with van der Waals surface area (Å²) in [6.07, 6.45) is 1.36. The van der Waals surface area contributed by atoms with Crippen molar-refractivity contribution in [2.24, 2.45) is 7.05 Å². The van der Waals surface area contributed by atoms with E-state index in [1.54, 1.807) is 14.0 Å². The molecule has 0 unspecified atom stereocenters. The van der Waals surface area contributed by atoms with Crippen molar-refractivity contribution in [1.29, 1.82) is 0 Å². The van der Waals surface area contributed by atoms with E-state index in [0.29, 0.717) is 5.56 Å². The summed E-state index contributed by atoms with van der Waals surface area (Å²) in [4.78, 5) is 0. The van der Waals surface area contributed by atoms with E-state index < -0.39 is 11.6 Å². The van der Waals surface area contributed by atoms with E-state index >= 15 is 0 Å². The van der Waals surface area contributed by atoms with Gasteiger partial charge in [-0.2, -0.15) is 5.10 Å². The summed E-state index contributed by atoms with van der Waals surface area (Å²) in [6, 6.07) is 2.61. The van der Waals surface area contributed by atoms with Crippen LogP contribution in [0.1, 0.15) is 5.56 Å². The maximum atomic E-state index is 13.8. The van der Waals surface area contributed by atoms with E-state index in [9.17, 15) is 8.78 Å². The Morgan fingerprint density at radius 1 is 1.31 bits per heavy atom. The largest absolute Gasteiger partial charge is 0.383 e. The molecule has 1 aromatic heterocycles. The van der Waals surface area contributed by atoms with Gasteiger partial charge in [0.25, 0.3) is 0 Å². The molecule has 2 N–H and O–H groups in total. The van der Waals surface area contributed by atoms with Crippen LogP contribution in [0.25, 0.3) is 11.1 Å². The van der Waals surface area contributed by atoms with Gasteiger partial charge in [0.15, 0.2) is 0 Å². The number of nitrogen functional groups attached to an aromatic ring is 1. The SMILES string of the molecule is Cc1ccc(F)c(-c2cnn(C)c2N)c1F. The van der Waals surface area contributed by atoms with Crippen LogP contribution < -0.4 is 5.73 Å². The molecule has 0 amide bonds. The van der Waals surface area contributed by atoms with Gasteiger partial charge in [-0.25, -0.2) is 8.78 Å². The molecule has 2 aromatic rings. The van der Waals surface area contributed by atoms with Crippen molar-refractivity contribution in [2.75, 3.05) is 5.73 Å². The molecule has 2 rings (SSSR count). The zero-order valence-electron chi connectivity index (χ0n) is 8.96. The Bertz CT molecular complexity index is 546. The lowest BCUT2D eigenvalue weighted by molar-refractivity contribution is 0.584. The van der Waals surface area contributed by atoms with Crippen LogP contribution in [-0.4, -0.2) is 9.78 Å². The quantitative estimate of drug-likeness (QED) is 0.805. The fourth-order valence-electron chi connectivity index (χ4n) is 1.54. The average molecular weight is 223 g/mol. The third-order valence-electron chi connectivity index (χ3n) is 2.54. The van der Waals surface area contributed by atoms with E-state index in [1.165, 1.54) is 23.0 Å². The summed E-state index contributed by atoms with van der Waals surface area (Å²) < 4.78 is 28.7. The van der Waals surface area contributed by atoms with Crippen LogP contribution in [0.5, 0.6) is 0 Å². The topological polar surface area (TPSA) is 43.8 Å². The summed E-state index contributed by atoms with van der Waals surface area (Å²) in [7, 11) is 1.62. The molecule has 1 aromatic carbocycles. The van der Waals surface area contributed by atoms with Gasteiger partial charge in [-0.3, -0.25) is 4.68 Å². The monoisotopic (exact) mass is 223 g/mol. The lowest BCUT2D eigenvalue weighted by atomic mass is 10.0. The van der Waals surface area contributed by atoms with Crippen molar-refractivity contribution in [2.45, 2.75) is 6.92 Å². The van der Waals surface area contributed by atoms with E-state index in [0.717, 1.165) is 0 Å². The number of hydrogen-bond donors (Lipinski definition) is 1. The highest BCUT2D eigenvalue weighted by Crippen LogP contribution is 2.31. The lowest BCUT2D eigenvalue weighted by Crippen LogP contribution is -2.00. The first-order valence-corrected chi connectivity index (χ1v) is 4.75. The Morgan fingerprint density at radius 2 is 2.00 bits per heavy atom. The normalized spacial score (nSPS) is 10.8. The van der Waals surface area contributed by atoms with E-state index in [4.69, 9.17) is 5.73 Å². The first kappa shape index (κ1) is 10.6. The van der Waals surface area contributed by atoms with Gasteiger partial charge in [0.05, 0.1) is 11.8 Å². The number of anilines is 1. The second-order valence-corrected chi connectivity index (χ2v) is 3.62. The minimum absolute atomic E-state index is 0.120. The number of aryl methyl sites for hydroxylation is 2. The lowest BCUT2D eigenvalue weighted by Gasteiger charge is -2.06. The van der Waals surface area contributed by atoms with Gasteiger partial charge in [0.2, 0.25) is 0 Å². The maximum absolute atomic E-state index is 13.8. The van der Waals surface area contributed by atoms with Crippen LogP contribution in [0.4, 0.5) is 14.6 Å². The van der Waals surface area contributed by atoms with Gasteiger partial charge in [-0.1, -0.05) is 6.07 Å². The van der Waals surface area contributed by atoms with Crippen molar-refractivity contribution in [3.05, 3.63) is 35.5 Å². The highest BCUT2D eigenvalue weighted by Gasteiger charge is 2.18. The van der Waals surface area contributed by atoms with Crippen LogP contribution in [0.15, 0.2) is 18.3 Å². The molecule has 0 spiro atoms. The minimum atomic E-state index is -0.636. The summed E-state index contributed by atoms with van der Waals surface area (Å²) in [5.74, 6) is -0.995. The Labute approximate surface area is 91.5 Å². The highest BCUT2D eigenvalue weighted by molar-refractivity contribution is 5.74. The maximum Gasteiger partial charge on any atom is 0.137 e. The predicted octanol–water partition coefficient (Wildman–Crippen LogP) is 2.26. The third-order valence-corrected chi connectivity index (χ3v) is 2.54. The van der Waals surface area contributed by atoms with Crippen LogP contribution in [0.3, 0.4) is 0 Å². The van der Waals surface area contributed by atoms with E-state index in [1.807, 2.05) is 0 Å². The molecular formula is C11H11F2N3. The van der Waals surface area contributed by atoms with Crippen LogP contribution in [0.2, 0.25) is 0 Å². The molecule has 0 aliphatic heterocycles. The minimum Gasteiger partial charge on any atom is -0.383 e. The number of nitrogens with zero attached hydrogens (tertiary/aromatic N) is 2. The number of halogens is 2. The standard InChI is InChI=1S/C11H11F2N3/c1-6-3-4-8(12)9(10(6)13)7-5-15-16(2)11(7)14/h3-5H,14H2,1-2H3. The first-order valence-electron chi connectivity index (χ1n) is 4.75. The Balaban J connectivity index is 2.73. The summed E-state index contributed by atoms with van der Waals surface area (Å²) in [5, 5.41) is 3.86. The van der Waals surface area contributed by atoms with Gasteiger partial charge >= 0.3 is 0 Å². The van der Waals surface area contributed by atoms with Crippen LogP contribution >= 0.6 is 0 Å². The van der Waals surface area contributed by atoms with Crippen molar-refractivity contribution in [3.8, 4) is 11.1 Å². The van der Waals surface area contributed by atoms with Crippen molar-refractivity contribution < 1.29 is 8.78 Å². The molecule has 0 aliphatic rings. The van der Waals surface area contributed by atoms with Crippen LogP contribution in [-0.2, 0) is 7.05 Å². The van der Waals surface area contributed by atoms with Crippen molar-refractivity contribution >= 4 is 5.82 Å². The number of aromatic nitrogens is 2. The summed E-state index contributed by atoms with van der Waals surface area (Å²) in [5.41, 5.74) is 6.22. The zero-order valence-corrected chi connectivity index (χ0v) is 8.96. The van der Waals surface area contributed by atoms with Gasteiger partial charge < -0.3 is 5.73 Å². The summed E-state index contributed by atoms with van der Waals surface area (Å²) in [6.45, 7) is 1.57. The molecule has 1 heterocycles. The molecule has 0 saturated heterocycles. The number of rotatable bonds is 1. The van der Waals surface area contributed by atoms with Gasteiger partial charge in [0, 0.05) is 12.6 Å². The molecule has 5 heteroatoms. The van der Waals surface area contributed by atoms with Gasteiger partial charge in [-0.05, 0) is 18.6 Å².